The summed E-state index contributed by atoms with van der Waals surface area (Å²) in [6.45, 7) is 13.4. The van der Waals surface area contributed by atoms with E-state index >= 15 is 0 Å². The molecule has 0 saturated carbocycles. The smallest absolute Gasteiger partial charge is 0.317 e. The van der Waals surface area contributed by atoms with E-state index in [9.17, 15) is 4.79 Å². The first-order valence-corrected chi connectivity index (χ1v) is 8.06. The molecule has 126 valence electrons. The van der Waals surface area contributed by atoms with Crippen molar-refractivity contribution in [1.82, 2.24) is 9.80 Å². The minimum Gasteiger partial charge on any atom is -0.480 e. The topological polar surface area (TPSA) is 43.8 Å². The van der Waals surface area contributed by atoms with Crippen LogP contribution < -0.4 is 0 Å². The summed E-state index contributed by atoms with van der Waals surface area (Å²) >= 11 is 0. The molecule has 1 N–H and O–H groups in total. The number of carboxylic acid groups (broad SMARTS) is 1. The molecule has 21 heavy (non-hydrogen) atoms. The Balaban J connectivity index is 0.00000400. The van der Waals surface area contributed by atoms with Crippen LogP contribution in [-0.4, -0.2) is 59.6 Å². The molecule has 0 atom stereocenters. The highest BCUT2D eigenvalue weighted by atomic mass is 35.5. The Morgan fingerprint density at radius 1 is 1.29 bits per heavy atom. The Morgan fingerprint density at radius 2 is 1.86 bits per heavy atom. The average molecular weight is 321 g/mol. The Morgan fingerprint density at radius 3 is 2.29 bits per heavy atom. The lowest BCUT2D eigenvalue weighted by Crippen LogP contribution is -2.47. The van der Waals surface area contributed by atoms with Crippen molar-refractivity contribution in [2.45, 2.75) is 59.4 Å². The second-order valence-electron chi connectivity index (χ2n) is 6.80. The lowest BCUT2D eigenvalue weighted by molar-refractivity contribution is -0.139. The van der Waals surface area contributed by atoms with Crippen molar-refractivity contribution in [2.75, 3.05) is 32.7 Å². The number of likely N-dealkylation sites (tertiary alicyclic amines) is 1. The quantitative estimate of drug-likeness (QED) is 0.746. The predicted molar refractivity (Wildman–Crippen MR) is 90.3 cm³/mol. The summed E-state index contributed by atoms with van der Waals surface area (Å²) in [7, 11) is 0. The molecule has 0 aliphatic carbocycles. The molecule has 1 rings (SSSR count). The maximum absolute atomic E-state index is 10.9. The van der Waals surface area contributed by atoms with Gasteiger partial charge in [-0.05, 0) is 50.9 Å². The van der Waals surface area contributed by atoms with E-state index < -0.39 is 5.97 Å². The van der Waals surface area contributed by atoms with Gasteiger partial charge in [0.05, 0.1) is 6.54 Å². The van der Waals surface area contributed by atoms with Crippen LogP contribution in [-0.2, 0) is 4.79 Å². The van der Waals surface area contributed by atoms with Crippen molar-refractivity contribution in [3.8, 4) is 0 Å². The van der Waals surface area contributed by atoms with Gasteiger partial charge in [-0.2, -0.15) is 0 Å². The molecular formula is C16H33ClN2O2. The lowest BCUT2D eigenvalue weighted by Gasteiger charge is -2.38. The minimum absolute atomic E-state index is 0. The maximum atomic E-state index is 10.9. The number of nitrogens with zero attached hydrogens (tertiary/aromatic N) is 2. The second kappa shape index (κ2) is 9.65. The average Bonchev–Trinajstić information content (AvgIpc) is 2.43. The molecule has 0 bridgehead atoms. The summed E-state index contributed by atoms with van der Waals surface area (Å²) in [5, 5.41) is 8.95. The van der Waals surface area contributed by atoms with Gasteiger partial charge in [0.25, 0.3) is 0 Å². The van der Waals surface area contributed by atoms with Crippen LogP contribution in [0.3, 0.4) is 0 Å². The standard InChI is InChI=1S/C16H32N2O2.ClH/c1-5-16(3,4)9-12-17-10-7-14(8-11-17)18(6-2)13-15(19)20;/h14H,5-13H2,1-4H3,(H,19,20);1H. The number of carboxylic acids is 1. The highest BCUT2D eigenvalue weighted by Gasteiger charge is 2.25. The summed E-state index contributed by atoms with van der Waals surface area (Å²) in [5.74, 6) is -0.709. The number of likely N-dealkylation sites (N-methyl/N-ethyl adjacent to an activating group) is 1. The molecule has 1 saturated heterocycles. The van der Waals surface area contributed by atoms with Gasteiger partial charge in [0.1, 0.15) is 0 Å². The molecule has 0 radical (unpaired) electrons. The van der Waals surface area contributed by atoms with Crippen molar-refractivity contribution in [2.24, 2.45) is 5.41 Å². The van der Waals surface area contributed by atoms with E-state index in [4.69, 9.17) is 5.11 Å². The van der Waals surface area contributed by atoms with Crippen LogP contribution in [0.15, 0.2) is 0 Å². The van der Waals surface area contributed by atoms with Gasteiger partial charge >= 0.3 is 5.97 Å². The summed E-state index contributed by atoms with van der Waals surface area (Å²) in [4.78, 5) is 15.5. The molecular weight excluding hydrogens is 288 g/mol. The molecule has 1 heterocycles. The molecule has 4 nitrogen and oxygen atoms in total. The number of hydrogen-bond donors (Lipinski definition) is 1. The Hall–Kier alpha value is -0.320. The third-order valence-electron chi connectivity index (χ3n) is 4.88. The van der Waals surface area contributed by atoms with Crippen LogP contribution in [0.4, 0.5) is 0 Å². The monoisotopic (exact) mass is 320 g/mol. The summed E-state index contributed by atoms with van der Waals surface area (Å²) < 4.78 is 0. The molecule has 0 aromatic rings. The zero-order chi connectivity index (χ0) is 15.2. The number of hydrogen-bond acceptors (Lipinski definition) is 3. The second-order valence-corrected chi connectivity index (χ2v) is 6.80. The summed E-state index contributed by atoms with van der Waals surface area (Å²) in [6.07, 6.45) is 4.69. The van der Waals surface area contributed by atoms with Crippen molar-refractivity contribution in [3.05, 3.63) is 0 Å². The van der Waals surface area contributed by atoms with Crippen molar-refractivity contribution < 1.29 is 9.90 Å². The molecule has 0 amide bonds. The van der Waals surface area contributed by atoms with Gasteiger partial charge in [-0.3, -0.25) is 9.69 Å². The summed E-state index contributed by atoms with van der Waals surface area (Å²) in [5.41, 5.74) is 0.440. The Labute approximate surface area is 136 Å². The van der Waals surface area contributed by atoms with E-state index in [1.807, 2.05) is 0 Å². The van der Waals surface area contributed by atoms with Crippen LogP contribution in [0.2, 0.25) is 0 Å². The number of carbonyl (C=O) groups is 1. The largest absolute Gasteiger partial charge is 0.480 e. The zero-order valence-electron chi connectivity index (χ0n) is 14.1. The van der Waals surface area contributed by atoms with Crippen molar-refractivity contribution in [3.63, 3.8) is 0 Å². The van der Waals surface area contributed by atoms with E-state index in [0.29, 0.717) is 11.5 Å². The fourth-order valence-electron chi connectivity index (χ4n) is 2.82. The van der Waals surface area contributed by atoms with Crippen LogP contribution in [0, 0.1) is 5.41 Å². The molecule has 1 aliphatic heterocycles. The van der Waals surface area contributed by atoms with Crippen LogP contribution in [0.1, 0.15) is 53.4 Å². The molecule has 1 fully saturated rings. The number of aliphatic carboxylic acids is 1. The minimum atomic E-state index is -0.709. The maximum Gasteiger partial charge on any atom is 0.317 e. The van der Waals surface area contributed by atoms with Gasteiger partial charge in [-0.15, -0.1) is 12.4 Å². The van der Waals surface area contributed by atoms with Gasteiger partial charge in [0.15, 0.2) is 0 Å². The number of halogens is 1. The highest BCUT2D eigenvalue weighted by molar-refractivity contribution is 5.85. The first kappa shape index (κ1) is 20.7. The van der Waals surface area contributed by atoms with E-state index in [1.165, 1.54) is 19.4 Å². The number of rotatable bonds is 8. The third-order valence-corrected chi connectivity index (χ3v) is 4.88. The van der Waals surface area contributed by atoms with Gasteiger partial charge in [0.2, 0.25) is 0 Å². The van der Waals surface area contributed by atoms with Crippen molar-refractivity contribution in [1.29, 1.82) is 0 Å². The van der Waals surface area contributed by atoms with Crippen LogP contribution in [0.5, 0.6) is 0 Å². The normalized spacial score (nSPS) is 17.8. The SMILES string of the molecule is CCN(CC(=O)O)C1CCN(CCC(C)(C)CC)CC1.Cl. The Bertz CT molecular complexity index is 303. The van der Waals surface area contributed by atoms with Gasteiger partial charge in [-0.1, -0.05) is 34.1 Å². The first-order chi connectivity index (χ1) is 9.38. The molecule has 0 aromatic heterocycles. The summed E-state index contributed by atoms with van der Waals surface area (Å²) in [6, 6.07) is 0.450. The van der Waals surface area contributed by atoms with Crippen LogP contribution >= 0.6 is 12.4 Å². The van der Waals surface area contributed by atoms with E-state index in [1.54, 1.807) is 0 Å². The predicted octanol–water partition coefficient (Wildman–Crippen LogP) is 3.11. The molecule has 0 aromatic carbocycles. The Kier molecular flexibility index (Phi) is 9.50. The van der Waals surface area contributed by atoms with E-state index in [-0.39, 0.29) is 19.0 Å². The molecule has 0 unspecified atom stereocenters. The molecule has 1 aliphatic rings. The van der Waals surface area contributed by atoms with E-state index in [0.717, 1.165) is 32.5 Å². The molecule has 0 spiro atoms. The van der Waals surface area contributed by atoms with Crippen LogP contribution in [0.25, 0.3) is 0 Å². The van der Waals surface area contributed by atoms with Crippen molar-refractivity contribution >= 4 is 18.4 Å². The highest BCUT2D eigenvalue weighted by Crippen LogP contribution is 2.25. The fourth-order valence-corrected chi connectivity index (χ4v) is 2.82. The lowest BCUT2D eigenvalue weighted by atomic mass is 9.86. The van der Waals surface area contributed by atoms with E-state index in [2.05, 4.69) is 37.5 Å². The zero-order valence-corrected chi connectivity index (χ0v) is 14.9. The van der Waals surface area contributed by atoms with Gasteiger partial charge < -0.3 is 10.0 Å². The fraction of sp³-hybridized carbons (Fsp3) is 0.938. The molecule has 5 heteroatoms. The van der Waals surface area contributed by atoms with Gasteiger partial charge in [0, 0.05) is 6.04 Å². The van der Waals surface area contributed by atoms with Gasteiger partial charge in [-0.25, -0.2) is 0 Å². The first-order valence-electron chi connectivity index (χ1n) is 8.06. The third kappa shape index (κ3) is 7.48. The number of piperidine rings is 1.